The van der Waals surface area contributed by atoms with Crippen LogP contribution in [-0.4, -0.2) is 29.0 Å². The van der Waals surface area contributed by atoms with Crippen LogP contribution < -0.4 is 0 Å². The van der Waals surface area contributed by atoms with Crippen molar-refractivity contribution < 1.29 is 14.3 Å². The summed E-state index contributed by atoms with van der Waals surface area (Å²) >= 11 is 7.14. The van der Waals surface area contributed by atoms with E-state index in [1.165, 1.54) is 128 Å². The summed E-state index contributed by atoms with van der Waals surface area (Å²) in [5.41, 5.74) is 0. The van der Waals surface area contributed by atoms with Crippen molar-refractivity contribution in [3.8, 4) is 0 Å². The Bertz CT molecular complexity index is 549. The molecule has 0 amide bonds. The molecule has 236 valence electrons. The number of hydrogen-bond donors (Lipinski definition) is 0. The minimum absolute atomic E-state index is 0.0303. The van der Waals surface area contributed by atoms with Crippen molar-refractivity contribution in [2.45, 2.75) is 180 Å². The molecular weight excluding hydrogens is 628 g/mol. The third-order valence-corrected chi connectivity index (χ3v) is 11.1. The van der Waals surface area contributed by atoms with E-state index in [9.17, 15) is 4.79 Å². The van der Waals surface area contributed by atoms with Crippen molar-refractivity contribution in [2.75, 3.05) is 10.7 Å². The average molecular weight is 693 g/mol. The summed E-state index contributed by atoms with van der Waals surface area (Å²) < 4.78 is 12.5. The van der Waals surface area contributed by atoms with E-state index in [1.807, 2.05) is 0 Å². The Kier molecular flexibility index (Phi) is 21.5. The van der Waals surface area contributed by atoms with Crippen molar-refractivity contribution in [1.29, 1.82) is 0 Å². The molecule has 0 bridgehead atoms. The number of ether oxygens (including phenoxy) is 2. The summed E-state index contributed by atoms with van der Waals surface area (Å²) in [6.07, 6.45) is 29.7. The van der Waals surface area contributed by atoms with E-state index in [2.05, 4.69) is 45.7 Å². The average Bonchev–Trinajstić information content (AvgIpc) is 2.97. The maximum atomic E-state index is 13.3. The molecule has 3 nitrogen and oxygen atoms in total. The second-order valence-corrected chi connectivity index (χ2v) is 14.8. The number of hydrogen-bond acceptors (Lipinski definition) is 3. The van der Waals surface area contributed by atoms with E-state index in [4.69, 9.17) is 9.47 Å². The fraction of sp³-hybridized carbons (Fsp3) is 0.971. The Morgan fingerprint density at radius 1 is 0.575 bits per heavy atom. The smallest absolute Gasteiger partial charge is 0.431 e. The fourth-order valence-corrected chi connectivity index (χ4v) is 8.15. The van der Waals surface area contributed by atoms with Crippen LogP contribution in [0.3, 0.4) is 0 Å². The number of halogens is 2. The van der Waals surface area contributed by atoms with Gasteiger partial charge in [-0.3, -0.25) is 0 Å². The Hall–Kier alpha value is 0.230. The van der Waals surface area contributed by atoms with Gasteiger partial charge in [-0.25, -0.2) is 4.79 Å². The van der Waals surface area contributed by atoms with Gasteiger partial charge in [0, 0.05) is 10.7 Å². The summed E-state index contributed by atoms with van der Waals surface area (Å²) in [6.45, 7) is 4.59. The van der Waals surface area contributed by atoms with Gasteiger partial charge in [-0.2, -0.15) is 0 Å². The van der Waals surface area contributed by atoms with E-state index in [1.54, 1.807) is 0 Å². The van der Waals surface area contributed by atoms with Crippen molar-refractivity contribution in [1.82, 2.24) is 0 Å². The highest BCUT2D eigenvalue weighted by Gasteiger charge is 2.33. The zero-order valence-corrected chi connectivity index (χ0v) is 29.5. The Labute approximate surface area is 265 Å². The van der Waals surface area contributed by atoms with Crippen molar-refractivity contribution in [2.24, 2.45) is 23.7 Å². The normalized spacial score (nSPS) is 24.9. The fourth-order valence-electron chi connectivity index (χ4n) is 7.35. The van der Waals surface area contributed by atoms with Crippen LogP contribution in [0.4, 0.5) is 4.79 Å². The Morgan fingerprint density at radius 3 is 1.32 bits per heavy atom. The zero-order chi connectivity index (χ0) is 28.8. The lowest BCUT2D eigenvalue weighted by Crippen LogP contribution is -2.34. The lowest BCUT2D eigenvalue weighted by Gasteiger charge is -2.35. The summed E-state index contributed by atoms with van der Waals surface area (Å²) in [5.74, 6) is 2.78. The van der Waals surface area contributed by atoms with E-state index in [-0.39, 0.29) is 18.4 Å². The molecule has 2 aliphatic carbocycles. The van der Waals surface area contributed by atoms with Gasteiger partial charge in [-0.15, -0.1) is 0 Å². The predicted octanol–water partition coefficient (Wildman–Crippen LogP) is 12.6. The molecule has 0 saturated heterocycles. The van der Waals surface area contributed by atoms with Crippen LogP contribution in [0.2, 0.25) is 0 Å². The maximum absolute atomic E-state index is 13.3. The topological polar surface area (TPSA) is 35.5 Å². The van der Waals surface area contributed by atoms with E-state index in [0.717, 1.165) is 48.2 Å². The molecule has 2 atom stereocenters. The van der Waals surface area contributed by atoms with E-state index >= 15 is 0 Å². The number of carbonyl (C=O) groups is 1. The molecule has 2 fully saturated rings. The molecule has 0 aliphatic heterocycles. The van der Waals surface area contributed by atoms with Gasteiger partial charge in [-0.1, -0.05) is 136 Å². The quantitative estimate of drug-likeness (QED) is 0.0644. The molecule has 5 heteroatoms. The van der Waals surface area contributed by atoms with Gasteiger partial charge in [0.05, 0.1) is 0 Å². The second kappa shape index (κ2) is 23.7. The highest BCUT2D eigenvalue weighted by molar-refractivity contribution is 9.09. The van der Waals surface area contributed by atoms with Gasteiger partial charge in [-0.05, 0) is 87.9 Å². The SMILES string of the molecule is CCCCCC1CCC(C(CCCCCBr)OC(=O)OC(CCCCCBr)C2CCC(CCCCC)CC2)CC1. The first kappa shape index (κ1) is 36.4. The Morgan fingerprint density at radius 2 is 0.975 bits per heavy atom. The van der Waals surface area contributed by atoms with Crippen molar-refractivity contribution in [3.63, 3.8) is 0 Å². The second-order valence-electron chi connectivity index (χ2n) is 13.2. The molecule has 0 aromatic rings. The predicted molar refractivity (Wildman–Crippen MR) is 179 cm³/mol. The van der Waals surface area contributed by atoms with Crippen molar-refractivity contribution in [3.05, 3.63) is 0 Å². The third-order valence-electron chi connectivity index (χ3n) is 10.0. The van der Waals surface area contributed by atoms with Crippen LogP contribution >= 0.6 is 31.9 Å². The minimum Gasteiger partial charge on any atom is -0.431 e. The maximum Gasteiger partial charge on any atom is 0.508 e. The summed E-state index contributed by atoms with van der Waals surface area (Å²) in [6, 6.07) is 0. The van der Waals surface area contributed by atoms with Crippen LogP contribution in [-0.2, 0) is 9.47 Å². The minimum atomic E-state index is -0.369. The highest BCUT2D eigenvalue weighted by Crippen LogP contribution is 2.38. The first-order chi connectivity index (χ1) is 19.6. The monoisotopic (exact) mass is 690 g/mol. The van der Waals surface area contributed by atoms with Crippen LogP contribution in [0.25, 0.3) is 0 Å². The first-order valence-corrected chi connectivity index (χ1v) is 19.8. The molecule has 40 heavy (non-hydrogen) atoms. The molecular formula is C35H64Br2O3. The summed E-state index contributed by atoms with van der Waals surface area (Å²) in [4.78, 5) is 13.3. The lowest BCUT2D eigenvalue weighted by atomic mass is 9.76. The summed E-state index contributed by atoms with van der Waals surface area (Å²) in [7, 11) is 0. The van der Waals surface area contributed by atoms with Crippen LogP contribution in [0, 0.1) is 23.7 Å². The van der Waals surface area contributed by atoms with Crippen LogP contribution in [0.5, 0.6) is 0 Å². The number of unbranched alkanes of at least 4 members (excludes halogenated alkanes) is 8. The highest BCUT2D eigenvalue weighted by atomic mass is 79.9. The number of alkyl halides is 2. The van der Waals surface area contributed by atoms with E-state index < -0.39 is 0 Å². The molecule has 0 N–H and O–H groups in total. The van der Waals surface area contributed by atoms with Gasteiger partial charge in [0.15, 0.2) is 0 Å². The molecule has 0 spiro atoms. The molecule has 2 aliphatic rings. The first-order valence-electron chi connectivity index (χ1n) is 17.6. The molecule has 0 heterocycles. The molecule has 0 radical (unpaired) electrons. The van der Waals surface area contributed by atoms with Gasteiger partial charge >= 0.3 is 6.16 Å². The molecule has 2 rings (SSSR count). The summed E-state index contributed by atoms with van der Waals surface area (Å²) in [5, 5.41) is 2.11. The number of rotatable bonds is 22. The van der Waals surface area contributed by atoms with Gasteiger partial charge in [0.25, 0.3) is 0 Å². The zero-order valence-electron chi connectivity index (χ0n) is 26.3. The standard InChI is InChI=1S/C35H64Br2O3/c1-3-5-9-15-29-19-23-31(24-20-29)33(17-11-7-13-27-36)39-35(38)40-34(18-12-8-14-28-37)32-25-21-30(22-26-32)16-10-6-4-2/h29-34H,3-28H2,1-2H3. The van der Waals surface area contributed by atoms with Crippen LogP contribution in [0.15, 0.2) is 0 Å². The molecule has 0 aromatic heterocycles. The molecule has 0 aromatic carbocycles. The van der Waals surface area contributed by atoms with Crippen LogP contribution in [0.1, 0.15) is 168 Å². The molecule has 2 unspecified atom stereocenters. The number of carbonyl (C=O) groups excluding carboxylic acids is 1. The largest absolute Gasteiger partial charge is 0.508 e. The Balaban J connectivity index is 1.92. The molecule has 2 saturated carbocycles. The van der Waals surface area contributed by atoms with Gasteiger partial charge in [0.1, 0.15) is 12.2 Å². The van der Waals surface area contributed by atoms with Crippen molar-refractivity contribution >= 4 is 38.0 Å². The third kappa shape index (κ3) is 15.6. The lowest BCUT2D eigenvalue weighted by molar-refractivity contribution is -0.0484. The van der Waals surface area contributed by atoms with Gasteiger partial charge < -0.3 is 9.47 Å². The van der Waals surface area contributed by atoms with E-state index in [0.29, 0.717) is 11.8 Å². The van der Waals surface area contributed by atoms with Gasteiger partial charge in [0.2, 0.25) is 0 Å².